The summed E-state index contributed by atoms with van der Waals surface area (Å²) in [6.45, 7) is 0. The van der Waals surface area contributed by atoms with Crippen LogP contribution in [0.5, 0.6) is 0 Å². The van der Waals surface area contributed by atoms with E-state index >= 15 is 0 Å². The van der Waals surface area contributed by atoms with Crippen LogP contribution in [0.4, 0.5) is 11.4 Å². The van der Waals surface area contributed by atoms with Gasteiger partial charge in [-0.3, -0.25) is 19.2 Å². The summed E-state index contributed by atoms with van der Waals surface area (Å²) in [7, 11) is 0. The largest absolute Gasteiger partial charge is 0.321 e. The lowest BCUT2D eigenvalue weighted by molar-refractivity contribution is -0.121. The highest BCUT2D eigenvalue weighted by molar-refractivity contribution is 14.1. The quantitative estimate of drug-likeness (QED) is 0.0880. The van der Waals surface area contributed by atoms with Gasteiger partial charge in [-0.1, -0.05) is 66.7 Å². The number of amides is 4. The molecule has 7 nitrogen and oxygen atoms in total. The van der Waals surface area contributed by atoms with Crippen molar-refractivity contribution in [3.8, 4) is 0 Å². The Kier molecular flexibility index (Phi) is 9.85. The van der Waals surface area contributed by atoms with Crippen LogP contribution < -0.4 is 15.5 Å². The Labute approximate surface area is 267 Å². The van der Waals surface area contributed by atoms with Gasteiger partial charge in [0.15, 0.2) is 0 Å². The molecule has 1 aliphatic rings. The molecule has 214 valence electrons. The maximum Gasteiger partial charge on any atom is 0.272 e. The van der Waals surface area contributed by atoms with Crippen molar-refractivity contribution in [1.29, 1.82) is 0 Å². The Bertz CT molecular complexity index is 1710. The van der Waals surface area contributed by atoms with E-state index in [0.29, 0.717) is 16.9 Å². The highest BCUT2D eigenvalue weighted by atomic mass is 127. The van der Waals surface area contributed by atoms with Crippen LogP contribution in [-0.2, 0) is 14.4 Å². The fraction of sp³-hybridized carbons (Fsp3) is 0.0588. The number of halogens is 1. The smallest absolute Gasteiger partial charge is 0.272 e. The third-order valence-electron chi connectivity index (χ3n) is 6.44. The zero-order valence-electron chi connectivity index (χ0n) is 22.8. The molecular weight excluding hydrogens is 673 g/mol. The van der Waals surface area contributed by atoms with Gasteiger partial charge in [0, 0.05) is 26.1 Å². The zero-order chi connectivity index (χ0) is 30.2. The lowest BCUT2D eigenvalue weighted by Gasteiger charge is -2.15. The van der Waals surface area contributed by atoms with E-state index in [4.69, 9.17) is 0 Å². The SMILES string of the molecule is O=C(Nc1cccc(S[C@H]2CC(=O)N(c3ccc(I)cc3)C2=O)c1)/C(=C/C=C/c1ccccc1)NC(=O)c1ccccc1. The van der Waals surface area contributed by atoms with Crippen LogP contribution in [0.25, 0.3) is 6.08 Å². The van der Waals surface area contributed by atoms with Gasteiger partial charge >= 0.3 is 0 Å². The number of nitrogens with one attached hydrogen (secondary N) is 2. The molecule has 5 rings (SSSR count). The van der Waals surface area contributed by atoms with Crippen LogP contribution in [-0.4, -0.2) is 28.9 Å². The predicted molar refractivity (Wildman–Crippen MR) is 178 cm³/mol. The highest BCUT2D eigenvalue weighted by Gasteiger charge is 2.40. The normalized spacial score (nSPS) is 15.1. The minimum Gasteiger partial charge on any atom is -0.321 e. The molecule has 1 atom stereocenters. The maximum absolute atomic E-state index is 13.4. The third kappa shape index (κ3) is 7.88. The Hall–Kier alpha value is -4.48. The highest BCUT2D eigenvalue weighted by Crippen LogP contribution is 2.35. The first-order valence-corrected chi connectivity index (χ1v) is 15.3. The van der Waals surface area contributed by atoms with Gasteiger partial charge in [-0.25, -0.2) is 4.90 Å². The zero-order valence-corrected chi connectivity index (χ0v) is 25.7. The molecule has 43 heavy (non-hydrogen) atoms. The molecule has 0 spiro atoms. The van der Waals surface area contributed by atoms with Gasteiger partial charge in [-0.05, 0) is 88.8 Å². The number of imide groups is 1. The number of anilines is 2. The van der Waals surface area contributed by atoms with E-state index in [1.54, 1.807) is 66.7 Å². The second kappa shape index (κ2) is 14.1. The molecule has 0 aliphatic carbocycles. The fourth-order valence-electron chi connectivity index (χ4n) is 4.35. The summed E-state index contributed by atoms with van der Waals surface area (Å²) >= 11 is 3.44. The van der Waals surface area contributed by atoms with Crippen LogP contribution in [0.2, 0.25) is 0 Å². The van der Waals surface area contributed by atoms with Crippen molar-refractivity contribution in [2.45, 2.75) is 16.6 Å². The molecule has 0 bridgehead atoms. The summed E-state index contributed by atoms with van der Waals surface area (Å²) in [5, 5.41) is 4.97. The molecule has 4 aromatic rings. The number of carbonyl (C=O) groups is 4. The Morgan fingerprint density at radius 3 is 2.28 bits per heavy atom. The van der Waals surface area contributed by atoms with E-state index < -0.39 is 17.1 Å². The van der Waals surface area contributed by atoms with E-state index in [0.717, 1.165) is 14.0 Å². The Balaban J connectivity index is 1.30. The molecule has 2 N–H and O–H groups in total. The van der Waals surface area contributed by atoms with Gasteiger partial charge in [0.05, 0.1) is 10.9 Å². The Morgan fingerprint density at radius 2 is 1.56 bits per heavy atom. The first kappa shape index (κ1) is 30.0. The molecule has 4 amide bonds. The van der Waals surface area contributed by atoms with Crippen LogP contribution in [0.3, 0.4) is 0 Å². The van der Waals surface area contributed by atoms with E-state index in [2.05, 4.69) is 33.2 Å². The molecule has 1 aliphatic heterocycles. The number of thioether (sulfide) groups is 1. The van der Waals surface area contributed by atoms with Crippen LogP contribution >= 0.6 is 34.4 Å². The van der Waals surface area contributed by atoms with Crippen molar-refractivity contribution in [3.63, 3.8) is 0 Å². The molecule has 4 aromatic carbocycles. The van der Waals surface area contributed by atoms with Gasteiger partial charge in [-0.15, -0.1) is 11.8 Å². The summed E-state index contributed by atoms with van der Waals surface area (Å²) in [4.78, 5) is 54.0. The topological polar surface area (TPSA) is 95.6 Å². The summed E-state index contributed by atoms with van der Waals surface area (Å²) < 4.78 is 1.01. The Morgan fingerprint density at radius 1 is 0.860 bits per heavy atom. The first-order chi connectivity index (χ1) is 20.9. The van der Waals surface area contributed by atoms with Gasteiger partial charge in [-0.2, -0.15) is 0 Å². The minimum atomic E-state index is -0.582. The van der Waals surface area contributed by atoms with Crippen molar-refractivity contribution in [2.75, 3.05) is 10.2 Å². The lowest BCUT2D eigenvalue weighted by atomic mass is 10.2. The molecular formula is C34H26IN3O4S. The van der Waals surface area contributed by atoms with E-state index in [1.807, 2.05) is 60.7 Å². The first-order valence-electron chi connectivity index (χ1n) is 13.4. The van der Waals surface area contributed by atoms with Crippen molar-refractivity contribution < 1.29 is 19.2 Å². The lowest BCUT2D eigenvalue weighted by Crippen LogP contribution is -2.31. The van der Waals surface area contributed by atoms with Crippen LogP contribution in [0.1, 0.15) is 22.3 Å². The van der Waals surface area contributed by atoms with E-state index in [-0.39, 0.29) is 23.9 Å². The molecule has 0 radical (unpaired) electrons. The van der Waals surface area contributed by atoms with Gasteiger partial charge in [0.25, 0.3) is 11.8 Å². The predicted octanol–water partition coefficient (Wildman–Crippen LogP) is 6.68. The summed E-state index contributed by atoms with van der Waals surface area (Å²) in [5.41, 5.74) is 2.45. The van der Waals surface area contributed by atoms with Crippen LogP contribution in [0, 0.1) is 3.57 Å². The average Bonchev–Trinajstić information content (AvgIpc) is 3.30. The van der Waals surface area contributed by atoms with E-state index in [1.165, 1.54) is 16.7 Å². The van der Waals surface area contributed by atoms with Crippen molar-refractivity contribution >= 4 is 75.4 Å². The van der Waals surface area contributed by atoms with Crippen LogP contribution in [0.15, 0.2) is 132 Å². The summed E-state index contributed by atoms with van der Waals surface area (Å²) in [6, 6.07) is 32.5. The second-order valence-corrected chi connectivity index (χ2v) is 12.0. The fourth-order valence-corrected chi connectivity index (χ4v) is 5.82. The summed E-state index contributed by atoms with van der Waals surface area (Å²) in [6.07, 6.45) is 5.16. The molecule has 1 fully saturated rings. The number of carbonyl (C=O) groups excluding carboxylic acids is 4. The monoisotopic (exact) mass is 699 g/mol. The van der Waals surface area contributed by atoms with E-state index in [9.17, 15) is 19.2 Å². The molecule has 0 saturated carbocycles. The standard InChI is InChI=1S/C34H26IN3O4S/c35-25-17-19-27(20-18-25)38-31(39)22-30(34(38)42)43-28-15-8-14-26(21-28)36-33(41)29(16-7-11-23-9-3-1-4-10-23)37-32(40)24-12-5-2-6-13-24/h1-21,30H,22H2,(H,36,41)(H,37,40)/b11-7+,29-16-/t30-/m0/s1. The van der Waals surface area contributed by atoms with Crippen molar-refractivity contribution in [3.05, 3.63) is 142 Å². The average molecular weight is 700 g/mol. The number of nitrogens with zero attached hydrogens (tertiary/aromatic N) is 1. The maximum atomic E-state index is 13.4. The van der Waals surface area contributed by atoms with Gasteiger partial charge in [0.2, 0.25) is 11.8 Å². The molecule has 0 unspecified atom stereocenters. The molecule has 1 heterocycles. The third-order valence-corrected chi connectivity index (χ3v) is 8.34. The second-order valence-electron chi connectivity index (χ2n) is 9.51. The van der Waals surface area contributed by atoms with Crippen molar-refractivity contribution in [2.24, 2.45) is 0 Å². The molecule has 9 heteroatoms. The van der Waals surface area contributed by atoms with Crippen molar-refractivity contribution in [1.82, 2.24) is 5.32 Å². The van der Waals surface area contributed by atoms with Gasteiger partial charge in [0.1, 0.15) is 5.70 Å². The minimum absolute atomic E-state index is 0.0591. The number of hydrogen-bond acceptors (Lipinski definition) is 5. The number of rotatable bonds is 9. The number of benzene rings is 4. The molecule has 1 saturated heterocycles. The number of allylic oxidation sites excluding steroid dienone is 2. The van der Waals surface area contributed by atoms with Gasteiger partial charge < -0.3 is 10.6 Å². The molecule has 0 aromatic heterocycles. The summed E-state index contributed by atoms with van der Waals surface area (Å²) in [5.74, 6) is -1.45. The number of hydrogen-bond donors (Lipinski definition) is 2.